The third-order valence-corrected chi connectivity index (χ3v) is 1.86. The third kappa shape index (κ3) is 1.37. The fraction of sp³-hybridized carbons (Fsp3) is 0.500. The molecule has 0 aromatic carbocycles. The lowest BCUT2D eigenvalue weighted by atomic mass is 9.92. The molecule has 0 radical (unpaired) electrons. The first-order valence-electron chi connectivity index (χ1n) is 4.11. The maximum atomic E-state index is 4.27. The van der Waals surface area contributed by atoms with Crippen molar-refractivity contribution < 1.29 is 0 Å². The molecule has 5 nitrogen and oxygen atoms in total. The van der Waals surface area contributed by atoms with Crippen LogP contribution in [-0.2, 0) is 5.41 Å². The van der Waals surface area contributed by atoms with Crippen LogP contribution in [0.2, 0.25) is 0 Å². The minimum Gasteiger partial charge on any atom is -0.241 e. The number of nitrogens with zero attached hydrogens (tertiary/aromatic N) is 5. The number of rotatable bonds is 0. The second-order valence-electron chi connectivity index (χ2n) is 4.01. The van der Waals surface area contributed by atoms with Crippen molar-refractivity contribution in [2.75, 3.05) is 0 Å². The molecule has 0 aliphatic carbocycles. The molecule has 0 amide bonds. The van der Waals surface area contributed by atoms with E-state index in [4.69, 9.17) is 0 Å². The van der Waals surface area contributed by atoms with Crippen molar-refractivity contribution in [3.8, 4) is 0 Å². The highest BCUT2D eigenvalue weighted by Crippen LogP contribution is 2.19. The average molecular weight is 177 g/mol. The molecule has 0 unspecified atom stereocenters. The molecule has 0 aliphatic rings. The van der Waals surface area contributed by atoms with E-state index in [0.29, 0.717) is 0 Å². The normalized spacial score (nSPS) is 12.2. The molecule has 2 heterocycles. The molecule has 13 heavy (non-hydrogen) atoms. The summed E-state index contributed by atoms with van der Waals surface area (Å²) in [7, 11) is 0. The topological polar surface area (TPSA) is 56.0 Å². The number of hydrogen-bond donors (Lipinski definition) is 0. The van der Waals surface area contributed by atoms with Crippen LogP contribution >= 0.6 is 0 Å². The van der Waals surface area contributed by atoms with E-state index in [2.05, 4.69) is 41.3 Å². The Kier molecular flexibility index (Phi) is 1.55. The molecule has 0 atom stereocenters. The Morgan fingerprint density at radius 3 is 2.77 bits per heavy atom. The lowest BCUT2D eigenvalue weighted by molar-refractivity contribution is 0.565. The van der Waals surface area contributed by atoms with Gasteiger partial charge in [0.15, 0.2) is 5.65 Å². The second kappa shape index (κ2) is 2.48. The van der Waals surface area contributed by atoms with Crippen LogP contribution in [0.3, 0.4) is 0 Å². The number of fused-ring (bicyclic) bond motifs is 1. The van der Waals surface area contributed by atoms with Gasteiger partial charge in [0.05, 0.1) is 5.69 Å². The van der Waals surface area contributed by atoms with E-state index >= 15 is 0 Å². The predicted octanol–water partition coefficient (Wildman–Crippen LogP) is 0.817. The fourth-order valence-corrected chi connectivity index (χ4v) is 1.06. The van der Waals surface area contributed by atoms with Crippen LogP contribution in [0.15, 0.2) is 12.4 Å². The van der Waals surface area contributed by atoms with Gasteiger partial charge in [0, 0.05) is 11.5 Å². The van der Waals surface area contributed by atoms with E-state index in [-0.39, 0.29) is 5.41 Å². The van der Waals surface area contributed by atoms with Crippen LogP contribution in [0.5, 0.6) is 0 Å². The van der Waals surface area contributed by atoms with Crippen molar-refractivity contribution in [1.29, 1.82) is 0 Å². The largest absolute Gasteiger partial charge is 0.241 e. The smallest absolute Gasteiger partial charge is 0.182 e. The van der Waals surface area contributed by atoms with E-state index in [1.54, 1.807) is 10.8 Å². The van der Waals surface area contributed by atoms with Gasteiger partial charge in [0.25, 0.3) is 0 Å². The maximum absolute atomic E-state index is 4.27. The predicted molar refractivity (Wildman–Crippen MR) is 47.3 cm³/mol. The summed E-state index contributed by atoms with van der Waals surface area (Å²) in [6, 6.07) is 1.90. The molecule has 5 heteroatoms. The summed E-state index contributed by atoms with van der Waals surface area (Å²) in [4.78, 5) is 4.27. The molecular formula is C8H11N5. The summed E-state index contributed by atoms with van der Waals surface area (Å²) < 4.78 is 1.55. The van der Waals surface area contributed by atoms with Gasteiger partial charge < -0.3 is 0 Å². The van der Waals surface area contributed by atoms with Crippen LogP contribution in [0.1, 0.15) is 26.5 Å². The van der Waals surface area contributed by atoms with Crippen LogP contribution in [0.25, 0.3) is 5.65 Å². The Morgan fingerprint density at radius 2 is 2.08 bits per heavy atom. The Morgan fingerprint density at radius 1 is 1.31 bits per heavy atom. The van der Waals surface area contributed by atoms with Crippen LogP contribution in [0, 0.1) is 0 Å². The Labute approximate surface area is 75.8 Å². The first kappa shape index (κ1) is 8.10. The first-order chi connectivity index (χ1) is 6.07. The molecule has 0 saturated heterocycles. The number of tetrazole rings is 1. The second-order valence-corrected chi connectivity index (χ2v) is 4.01. The van der Waals surface area contributed by atoms with Crippen LogP contribution in [-0.4, -0.2) is 25.0 Å². The summed E-state index contributed by atoms with van der Waals surface area (Å²) in [6.07, 6.45) is 1.63. The van der Waals surface area contributed by atoms with Gasteiger partial charge in [0.2, 0.25) is 0 Å². The highest BCUT2D eigenvalue weighted by molar-refractivity contribution is 5.37. The van der Waals surface area contributed by atoms with Crippen molar-refractivity contribution in [2.24, 2.45) is 0 Å². The van der Waals surface area contributed by atoms with Gasteiger partial charge in [-0.2, -0.15) is 4.52 Å². The van der Waals surface area contributed by atoms with Gasteiger partial charge >= 0.3 is 0 Å². The van der Waals surface area contributed by atoms with Gasteiger partial charge in [-0.3, -0.25) is 0 Å². The zero-order chi connectivity index (χ0) is 9.47. The van der Waals surface area contributed by atoms with E-state index < -0.39 is 0 Å². The van der Waals surface area contributed by atoms with E-state index in [0.717, 1.165) is 11.3 Å². The molecule has 68 valence electrons. The molecule has 2 aromatic rings. The summed E-state index contributed by atoms with van der Waals surface area (Å²) in [5, 5.41) is 11.1. The Balaban J connectivity index is 2.61. The summed E-state index contributed by atoms with van der Waals surface area (Å²) in [6.45, 7) is 6.32. The zero-order valence-electron chi connectivity index (χ0n) is 7.89. The maximum Gasteiger partial charge on any atom is 0.182 e. The first-order valence-corrected chi connectivity index (χ1v) is 4.11. The number of aromatic nitrogens is 5. The van der Waals surface area contributed by atoms with Crippen molar-refractivity contribution in [3.05, 3.63) is 18.1 Å². The molecule has 2 aromatic heterocycles. The monoisotopic (exact) mass is 177 g/mol. The molecule has 0 spiro atoms. The van der Waals surface area contributed by atoms with E-state index in [9.17, 15) is 0 Å². The molecule has 0 N–H and O–H groups in total. The number of hydrogen-bond acceptors (Lipinski definition) is 4. The van der Waals surface area contributed by atoms with Gasteiger partial charge in [-0.25, -0.2) is 4.98 Å². The summed E-state index contributed by atoms with van der Waals surface area (Å²) in [5.74, 6) is 0. The van der Waals surface area contributed by atoms with E-state index in [1.807, 2.05) is 6.07 Å². The van der Waals surface area contributed by atoms with Crippen molar-refractivity contribution in [3.63, 3.8) is 0 Å². The SMILES string of the molecule is CC(C)(C)c1cc2nnnn2cn1. The average Bonchev–Trinajstić information content (AvgIpc) is 2.47. The van der Waals surface area contributed by atoms with Gasteiger partial charge in [0.1, 0.15) is 6.33 Å². The zero-order valence-corrected chi connectivity index (χ0v) is 7.89. The highest BCUT2D eigenvalue weighted by Gasteiger charge is 2.16. The standard InChI is InChI=1S/C8H11N5/c1-8(2,3)6-4-7-10-11-12-13(7)5-9-6/h4-5H,1-3H3. The van der Waals surface area contributed by atoms with Crippen LogP contribution < -0.4 is 0 Å². The minimum atomic E-state index is 0.0354. The fourth-order valence-electron chi connectivity index (χ4n) is 1.06. The molecule has 0 fully saturated rings. The van der Waals surface area contributed by atoms with Gasteiger partial charge in [-0.1, -0.05) is 20.8 Å². The molecule has 0 aliphatic heterocycles. The highest BCUT2D eigenvalue weighted by atomic mass is 15.5. The van der Waals surface area contributed by atoms with Crippen molar-refractivity contribution in [1.82, 2.24) is 25.0 Å². The minimum absolute atomic E-state index is 0.0354. The van der Waals surface area contributed by atoms with Crippen LogP contribution in [0.4, 0.5) is 0 Å². The van der Waals surface area contributed by atoms with Crippen molar-refractivity contribution in [2.45, 2.75) is 26.2 Å². The summed E-state index contributed by atoms with van der Waals surface area (Å²) >= 11 is 0. The molecule has 2 rings (SSSR count). The third-order valence-electron chi connectivity index (χ3n) is 1.86. The molecule has 0 bridgehead atoms. The summed E-state index contributed by atoms with van der Waals surface area (Å²) in [5.41, 5.74) is 1.77. The van der Waals surface area contributed by atoms with E-state index in [1.165, 1.54) is 0 Å². The quantitative estimate of drug-likeness (QED) is 0.597. The van der Waals surface area contributed by atoms with Gasteiger partial charge in [-0.15, -0.1) is 5.10 Å². The molecular weight excluding hydrogens is 166 g/mol. The van der Waals surface area contributed by atoms with Crippen molar-refractivity contribution >= 4 is 5.65 Å². The Bertz CT molecular complexity index is 425. The van der Waals surface area contributed by atoms with Gasteiger partial charge in [-0.05, 0) is 10.4 Å². The molecule has 0 saturated carbocycles. The lowest BCUT2D eigenvalue weighted by Gasteiger charge is -2.16. The Hall–Kier alpha value is -1.52. The lowest BCUT2D eigenvalue weighted by Crippen LogP contribution is -2.14.